The van der Waals surface area contributed by atoms with E-state index in [4.69, 9.17) is 33.2 Å². The van der Waals surface area contributed by atoms with Gasteiger partial charge in [-0.15, -0.1) is 0 Å². The van der Waals surface area contributed by atoms with Crippen molar-refractivity contribution in [3.63, 3.8) is 0 Å². The van der Waals surface area contributed by atoms with Crippen molar-refractivity contribution in [1.82, 2.24) is 0 Å². The smallest absolute Gasteiger partial charge is 0.317 e. The second kappa shape index (κ2) is 11.5. The third kappa shape index (κ3) is 4.28. The number of benzene rings is 1. The Kier molecular flexibility index (Phi) is 8.27. The molecule has 258 valence electrons. The second-order valence-electron chi connectivity index (χ2n) is 13.2. The summed E-state index contributed by atoms with van der Waals surface area (Å²) < 4.78 is 45.2. The number of epoxide rings is 1. The molecule has 12 unspecified atom stereocenters. The Hall–Kier alpha value is -1.98. The van der Waals surface area contributed by atoms with Crippen molar-refractivity contribution in [3.8, 4) is 0 Å². The van der Waals surface area contributed by atoms with Gasteiger partial charge in [0.1, 0.15) is 40.9 Å². The van der Waals surface area contributed by atoms with Crippen LogP contribution >= 0.6 is 47.8 Å². The number of rotatable bonds is 9. The maximum atomic E-state index is 14.3. The number of fused-ring (bicyclic) bond motifs is 3. The molecule has 5 fully saturated rings. The molecule has 3 bridgehead atoms. The van der Waals surface area contributed by atoms with Crippen LogP contribution in [0.2, 0.25) is 0 Å². The summed E-state index contributed by atoms with van der Waals surface area (Å²) in [4.78, 5) is 53.0. The number of halogens is 3. The van der Waals surface area contributed by atoms with Crippen molar-refractivity contribution >= 4 is 71.5 Å². The van der Waals surface area contributed by atoms with E-state index in [2.05, 4.69) is 54.4 Å². The number of aliphatic hydroxyl groups is 1. The van der Waals surface area contributed by atoms with Crippen LogP contribution in [0.4, 0.5) is 0 Å². The van der Waals surface area contributed by atoms with E-state index in [9.17, 15) is 24.3 Å². The molecule has 0 amide bonds. The van der Waals surface area contributed by atoms with Gasteiger partial charge in [0.15, 0.2) is 28.7 Å². The molecule has 2 saturated carbocycles. The number of Topliss-reactive ketones (excluding diaryl/α,β-unsaturated/α-hetero) is 1. The topological polar surface area (TPSA) is 156 Å². The summed E-state index contributed by atoms with van der Waals surface area (Å²) in [6.45, 7) is 8.92. The quantitative estimate of drug-likeness (QED) is 0.128. The third-order valence-electron chi connectivity index (χ3n) is 10.9. The van der Waals surface area contributed by atoms with Crippen LogP contribution in [0.5, 0.6) is 0 Å². The SMILES string of the molecule is C=C(C)C12OC3(c4ccccc4)OC1C1C4OC4(COC(=O)CBr)C(OC(=O)CBr)C4(O)C(=O)C(C)=CC4C1(O3)C(C)C2OC(=O)CBr. The zero-order valence-electron chi connectivity index (χ0n) is 26.1. The molecule has 0 spiro atoms. The second-order valence-corrected chi connectivity index (χ2v) is 14.9. The number of hydrogen-bond acceptors (Lipinski definition) is 12. The third-order valence-corrected chi connectivity index (χ3v) is 12.3. The molecule has 0 aromatic heterocycles. The van der Waals surface area contributed by atoms with Crippen LogP contribution in [0.25, 0.3) is 0 Å². The Morgan fingerprint density at radius 1 is 0.958 bits per heavy atom. The maximum absolute atomic E-state index is 14.3. The van der Waals surface area contributed by atoms with Crippen molar-refractivity contribution < 1.29 is 57.4 Å². The maximum Gasteiger partial charge on any atom is 0.317 e. The molecule has 0 radical (unpaired) electrons. The van der Waals surface area contributed by atoms with Crippen molar-refractivity contribution in [2.75, 3.05) is 22.6 Å². The molecule has 1 aromatic rings. The van der Waals surface area contributed by atoms with E-state index in [0.29, 0.717) is 11.1 Å². The minimum atomic E-state index is -2.48. The van der Waals surface area contributed by atoms with Crippen molar-refractivity contribution in [3.05, 3.63) is 59.7 Å². The lowest BCUT2D eigenvalue weighted by atomic mass is 9.53. The Morgan fingerprint density at radius 3 is 2.23 bits per heavy atom. The van der Waals surface area contributed by atoms with E-state index in [1.165, 1.54) is 0 Å². The molecule has 3 saturated heterocycles. The van der Waals surface area contributed by atoms with Gasteiger partial charge in [0.05, 0.1) is 5.60 Å². The fourth-order valence-electron chi connectivity index (χ4n) is 9.02. The monoisotopic (exact) mass is 858 g/mol. The van der Waals surface area contributed by atoms with Crippen LogP contribution in [-0.4, -0.2) is 98.2 Å². The molecule has 3 aliphatic heterocycles. The first-order valence-corrected chi connectivity index (χ1v) is 18.8. The first-order valence-electron chi connectivity index (χ1n) is 15.4. The molecule has 48 heavy (non-hydrogen) atoms. The average Bonchev–Trinajstić information content (AvgIpc) is 3.68. The van der Waals surface area contributed by atoms with Crippen LogP contribution < -0.4 is 0 Å². The molecular weight excluding hydrogens is 828 g/mol. The molecule has 3 heterocycles. The van der Waals surface area contributed by atoms with Gasteiger partial charge in [-0.3, -0.25) is 19.2 Å². The minimum Gasteiger partial charge on any atom is -0.462 e. The highest BCUT2D eigenvalue weighted by Gasteiger charge is 2.91. The Labute approximate surface area is 301 Å². The van der Waals surface area contributed by atoms with E-state index in [1.807, 2.05) is 6.07 Å². The summed E-state index contributed by atoms with van der Waals surface area (Å²) in [5, 5.41) is 12.5. The number of ketones is 1. The van der Waals surface area contributed by atoms with E-state index < -0.39 is 101 Å². The zero-order valence-corrected chi connectivity index (χ0v) is 30.9. The van der Waals surface area contributed by atoms with Crippen molar-refractivity contribution in [2.24, 2.45) is 17.8 Å². The van der Waals surface area contributed by atoms with Gasteiger partial charge in [0.2, 0.25) is 0 Å². The van der Waals surface area contributed by atoms with Gasteiger partial charge in [-0.1, -0.05) is 97.7 Å². The van der Waals surface area contributed by atoms with Gasteiger partial charge >= 0.3 is 23.9 Å². The normalized spacial score (nSPS) is 44.4. The Bertz CT molecular complexity index is 1640. The number of hydrogen-bond donors (Lipinski definition) is 1. The van der Waals surface area contributed by atoms with Gasteiger partial charge in [0.25, 0.3) is 0 Å². The number of alkyl halides is 3. The highest BCUT2D eigenvalue weighted by atomic mass is 79.9. The summed E-state index contributed by atoms with van der Waals surface area (Å²) in [5.41, 5.74) is -6.20. The molecule has 1 aromatic carbocycles. The lowest BCUT2D eigenvalue weighted by Crippen LogP contribution is -2.76. The summed E-state index contributed by atoms with van der Waals surface area (Å²) in [6, 6.07) is 8.91. The first kappa shape index (κ1) is 34.5. The molecule has 12 nitrogen and oxygen atoms in total. The lowest BCUT2D eigenvalue weighted by Gasteiger charge is -2.61. The first-order chi connectivity index (χ1) is 22.7. The standard InChI is InChI=1S/C33H33Br3O12/c1-15(2)31-25(43-21(38)12-35)17(4)32-19-10-16(3)24(40)30(19,41)28(44-22(39)13-36)29(14-42-20(37)11-34)26(45-29)23(32)27(31)46-33(47-31,48-32)18-8-6-5-7-9-18/h5-10,17,19,23,25-28,41H,1,11-14H2,2-4H3. The average molecular weight is 861 g/mol. The van der Waals surface area contributed by atoms with Crippen molar-refractivity contribution in [2.45, 2.75) is 73.6 Å². The van der Waals surface area contributed by atoms with Crippen LogP contribution in [0.15, 0.2) is 54.1 Å². The summed E-state index contributed by atoms with van der Waals surface area (Å²) in [7, 11) is 0. The van der Waals surface area contributed by atoms with Gasteiger partial charge in [-0.25, -0.2) is 0 Å². The predicted molar refractivity (Wildman–Crippen MR) is 175 cm³/mol. The highest BCUT2D eigenvalue weighted by molar-refractivity contribution is 9.09. The molecule has 7 rings (SSSR count). The molecule has 3 aliphatic carbocycles. The number of ether oxygens (including phenoxy) is 7. The summed E-state index contributed by atoms with van der Waals surface area (Å²) in [5.74, 6) is -7.55. The Morgan fingerprint density at radius 2 is 1.60 bits per heavy atom. The number of carbonyl (C=O) groups excluding carboxylic acids is 4. The minimum absolute atomic E-state index is 0.127. The van der Waals surface area contributed by atoms with Gasteiger partial charge in [-0.05, 0) is 25.0 Å². The molecule has 1 N–H and O–H groups in total. The van der Waals surface area contributed by atoms with Gasteiger partial charge in [0, 0.05) is 23.3 Å². The number of esters is 3. The van der Waals surface area contributed by atoms with Gasteiger partial charge < -0.3 is 38.3 Å². The van der Waals surface area contributed by atoms with Crippen LogP contribution in [0.1, 0.15) is 26.3 Å². The van der Waals surface area contributed by atoms with Gasteiger partial charge in [-0.2, -0.15) is 0 Å². The van der Waals surface area contributed by atoms with E-state index >= 15 is 0 Å². The number of carbonyl (C=O) groups is 4. The molecule has 15 heteroatoms. The van der Waals surface area contributed by atoms with E-state index in [0.717, 1.165) is 0 Å². The largest absolute Gasteiger partial charge is 0.462 e. The Balaban J connectivity index is 1.53. The molecule has 12 atom stereocenters. The molecular formula is C33H33Br3O12. The highest BCUT2D eigenvalue weighted by Crippen LogP contribution is 2.74. The summed E-state index contributed by atoms with van der Waals surface area (Å²) in [6.07, 6.45) is -3.11. The van der Waals surface area contributed by atoms with Crippen LogP contribution in [-0.2, 0) is 58.3 Å². The van der Waals surface area contributed by atoms with E-state index in [-0.39, 0.29) is 21.6 Å². The van der Waals surface area contributed by atoms with Crippen LogP contribution in [0, 0.1) is 17.8 Å². The molecule has 6 aliphatic rings. The van der Waals surface area contributed by atoms with E-state index in [1.54, 1.807) is 51.1 Å². The van der Waals surface area contributed by atoms with Crippen molar-refractivity contribution in [1.29, 1.82) is 0 Å². The summed E-state index contributed by atoms with van der Waals surface area (Å²) >= 11 is 9.40. The van der Waals surface area contributed by atoms with Crippen LogP contribution in [0.3, 0.4) is 0 Å². The fourth-order valence-corrected chi connectivity index (χ4v) is 9.45. The fraction of sp³-hybridized carbons (Fsp3) is 0.576. The zero-order chi connectivity index (χ0) is 34.6. The lowest BCUT2D eigenvalue weighted by molar-refractivity contribution is -0.440. The predicted octanol–water partition coefficient (Wildman–Crippen LogP) is 3.14.